The second-order valence-electron chi connectivity index (χ2n) is 15.7. The lowest BCUT2D eigenvalue weighted by molar-refractivity contribution is 0.0686. The van der Waals surface area contributed by atoms with Gasteiger partial charge in [0.05, 0.1) is 34.9 Å². The van der Waals surface area contributed by atoms with E-state index in [0.29, 0.717) is 36.4 Å². The molecule has 2 heterocycles. The van der Waals surface area contributed by atoms with Gasteiger partial charge < -0.3 is 30.6 Å². The fraction of sp³-hybridized carbons (Fsp3) is 0.265. The monoisotopic (exact) mass is 786 g/mol. The van der Waals surface area contributed by atoms with E-state index in [9.17, 15) is 19.8 Å². The number of hydrogen-bond donors (Lipinski definition) is 4. The average molecular weight is 787 g/mol. The normalized spacial score (nSPS) is 15.3. The number of carbonyl (C=O) groups is 2. The number of aromatic nitrogens is 2. The van der Waals surface area contributed by atoms with Crippen LogP contribution in [-0.2, 0) is 25.7 Å². The third-order valence-corrected chi connectivity index (χ3v) is 12.2. The van der Waals surface area contributed by atoms with E-state index in [4.69, 9.17) is 0 Å². The summed E-state index contributed by atoms with van der Waals surface area (Å²) in [7, 11) is 4.15. The van der Waals surface area contributed by atoms with Crippen molar-refractivity contribution < 1.29 is 19.8 Å². The Balaban J connectivity index is 0.925. The van der Waals surface area contributed by atoms with Gasteiger partial charge in [-0.1, -0.05) is 43.3 Å². The van der Waals surface area contributed by atoms with Crippen LogP contribution >= 0.6 is 0 Å². The quantitative estimate of drug-likeness (QED) is 0.0798. The van der Waals surface area contributed by atoms with Gasteiger partial charge in [0, 0.05) is 74.2 Å². The van der Waals surface area contributed by atoms with Crippen molar-refractivity contribution in [2.24, 2.45) is 0 Å². The molecule has 0 fully saturated rings. The van der Waals surface area contributed by atoms with Crippen molar-refractivity contribution in [3.63, 3.8) is 0 Å². The van der Waals surface area contributed by atoms with Gasteiger partial charge >= 0.3 is 11.9 Å². The Hall–Kier alpha value is -6.68. The number of benzene rings is 4. The molecule has 59 heavy (non-hydrogen) atoms. The molecule has 2 aliphatic carbocycles. The van der Waals surface area contributed by atoms with Gasteiger partial charge in [-0.25, -0.2) is 9.59 Å². The summed E-state index contributed by atoms with van der Waals surface area (Å²) >= 11 is 0. The molecule has 0 saturated carbocycles. The second kappa shape index (κ2) is 17.0. The predicted molar refractivity (Wildman–Crippen MR) is 236 cm³/mol. The molecule has 0 unspecified atom stereocenters. The summed E-state index contributed by atoms with van der Waals surface area (Å²) in [6.07, 6.45) is 11.7. The smallest absolute Gasteiger partial charge is 0.338 e. The molecule has 10 heteroatoms. The molecule has 0 aliphatic heterocycles. The molecule has 4 aromatic carbocycles. The zero-order chi connectivity index (χ0) is 41.0. The first-order chi connectivity index (χ1) is 28.7. The SMILES string of the molecule is CCc1ccc(N(C)c2ccc3c(c2)CC[C@H]3CNc2cncc(Cc3cccc(N(C)c4ccc5c(c4)CC[C@H]5CNc4cnccc4C(=O)O)c3)c2C(=O)O)cc1. The van der Waals surface area contributed by atoms with Crippen molar-refractivity contribution in [1.82, 2.24) is 9.97 Å². The van der Waals surface area contributed by atoms with E-state index in [0.717, 1.165) is 60.4 Å². The van der Waals surface area contributed by atoms with Crippen molar-refractivity contribution in [3.8, 4) is 0 Å². The van der Waals surface area contributed by atoms with Gasteiger partial charge in [-0.3, -0.25) is 9.97 Å². The van der Waals surface area contributed by atoms with Gasteiger partial charge in [0.2, 0.25) is 0 Å². The number of aryl methyl sites for hydroxylation is 3. The van der Waals surface area contributed by atoms with Gasteiger partial charge in [-0.15, -0.1) is 0 Å². The first-order valence-electron chi connectivity index (χ1n) is 20.4. The number of rotatable bonds is 15. The maximum atomic E-state index is 12.8. The summed E-state index contributed by atoms with van der Waals surface area (Å²) in [4.78, 5) is 37.4. The van der Waals surface area contributed by atoms with Crippen molar-refractivity contribution >= 4 is 46.1 Å². The maximum Gasteiger partial charge on any atom is 0.338 e. The second-order valence-corrected chi connectivity index (χ2v) is 15.7. The van der Waals surface area contributed by atoms with E-state index >= 15 is 0 Å². The van der Waals surface area contributed by atoms with Crippen LogP contribution in [0.25, 0.3) is 0 Å². The summed E-state index contributed by atoms with van der Waals surface area (Å²) in [6, 6.07) is 31.7. The highest BCUT2D eigenvalue weighted by Crippen LogP contribution is 2.39. The lowest BCUT2D eigenvalue weighted by atomic mass is 9.98. The number of carboxylic acids is 2. The third kappa shape index (κ3) is 8.34. The highest BCUT2D eigenvalue weighted by Gasteiger charge is 2.26. The van der Waals surface area contributed by atoms with E-state index < -0.39 is 11.9 Å². The first kappa shape index (κ1) is 39.2. The molecule has 8 rings (SSSR count). The number of aromatic carboxylic acids is 2. The molecule has 0 amide bonds. The van der Waals surface area contributed by atoms with Crippen LogP contribution in [0.15, 0.2) is 116 Å². The van der Waals surface area contributed by atoms with E-state index in [1.54, 1.807) is 18.6 Å². The minimum absolute atomic E-state index is 0.218. The number of pyridine rings is 2. The number of anilines is 6. The molecule has 6 aromatic rings. The van der Waals surface area contributed by atoms with Gasteiger partial charge in [-0.2, -0.15) is 0 Å². The van der Waals surface area contributed by atoms with Crippen LogP contribution in [0.4, 0.5) is 34.1 Å². The molecule has 2 atom stereocenters. The van der Waals surface area contributed by atoms with Crippen LogP contribution in [0.2, 0.25) is 0 Å². The number of nitrogens with zero attached hydrogens (tertiary/aromatic N) is 4. The molecule has 2 aromatic heterocycles. The zero-order valence-electron chi connectivity index (χ0n) is 33.8. The molecule has 0 bridgehead atoms. The molecule has 2 aliphatic rings. The molecule has 300 valence electrons. The van der Waals surface area contributed by atoms with Crippen molar-refractivity contribution in [2.45, 2.75) is 57.3 Å². The van der Waals surface area contributed by atoms with Crippen LogP contribution in [-0.4, -0.2) is 59.3 Å². The average Bonchev–Trinajstić information content (AvgIpc) is 3.87. The molecule has 4 N–H and O–H groups in total. The minimum Gasteiger partial charge on any atom is -0.478 e. The predicted octanol–water partition coefficient (Wildman–Crippen LogP) is 9.85. The zero-order valence-corrected chi connectivity index (χ0v) is 33.8. The van der Waals surface area contributed by atoms with Crippen molar-refractivity contribution in [3.05, 3.63) is 166 Å². The van der Waals surface area contributed by atoms with Crippen molar-refractivity contribution in [1.29, 1.82) is 0 Å². The number of carboxylic acid groups (broad SMARTS) is 2. The summed E-state index contributed by atoms with van der Waals surface area (Å²) in [6.45, 7) is 3.42. The Morgan fingerprint density at radius 1 is 0.661 bits per heavy atom. The van der Waals surface area contributed by atoms with Crippen LogP contribution in [0.1, 0.15) is 91.3 Å². The van der Waals surface area contributed by atoms with Crippen LogP contribution < -0.4 is 20.4 Å². The topological polar surface area (TPSA) is 131 Å². The van der Waals surface area contributed by atoms with Gasteiger partial charge in [0.15, 0.2) is 0 Å². The van der Waals surface area contributed by atoms with Gasteiger partial charge in [-0.05, 0) is 132 Å². The van der Waals surface area contributed by atoms with E-state index in [1.165, 1.54) is 40.1 Å². The largest absolute Gasteiger partial charge is 0.478 e. The lowest BCUT2D eigenvalue weighted by Gasteiger charge is -2.22. The van der Waals surface area contributed by atoms with Gasteiger partial charge in [0.25, 0.3) is 0 Å². The molecule has 0 radical (unpaired) electrons. The highest BCUT2D eigenvalue weighted by molar-refractivity contribution is 5.96. The van der Waals surface area contributed by atoms with E-state index in [1.807, 2.05) is 19.2 Å². The number of hydrogen-bond acceptors (Lipinski definition) is 8. The highest BCUT2D eigenvalue weighted by atomic mass is 16.4. The fourth-order valence-corrected chi connectivity index (χ4v) is 8.79. The maximum absolute atomic E-state index is 12.8. The minimum atomic E-state index is -0.975. The standard InChI is InChI=1S/C49H50N6O4/c1-4-31-8-14-38(15-9-31)54(2)40-16-18-43-33(24-40)11-13-36(43)28-53-46-30-51-26-37(47(46)49(58)59)22-32-6-5-7-39(23-32)55(3)41-17-19-42-34(25-41)10-12-35(42)27-52-45-29-50-21-20-44(45)48(56)57/h5-9,14-21,23-26,29-30,35-36,52-53H,4,10-13,22,27-28H2,1-3H3,(H,56,57)(H,58,59)/t35-,36-/m0/s1. The Morgan fingerprint density at radius 2 is 1.25 bits per heavy atom. The van der Waals surface area contributed by atoms with Crippen LogP contribution in [0.3, 0.4) is 0 Å². The molecular weight excluding hydrogens is 737 g/mol. The third-order valence-electron chi connectivity index (χ3n) is 12.2. The summed E-state index contributed by atoms with van der Waals surface area (Å²) in [5, 5.41) is 26.8. The fourth-order valence-electron chi connectivity index (χ4n) is 8.79. The van der Waals surface area contributed by atoms with Crippen molar-refractivity contribution in [2.75, 3.05) is 47.6 Å². The Bertz CT molecular complexity index is 2500. The molecule has 10 nitrogen and oxygen atoms in total. The van der Waals surface area contributed by atoms with E-state index in [2.05, 4.69) is 117 Å². The Morgan fingerprint density at radius 3 is 1.88 bits per heavy atom. The van der Waals surface area contributed by atoms with Crippen LogP contribution in [0.5, 0.6) is 0 Å². The van der Waals surface area contributed by atoms with Crippen LogP contribution in [0, 0.1) is 0 Å². The molecule has 0 saturated heterocycles. The van der Waals surface area contributed by atoms with Gasteiger partial charge in [0.1, 0.15) is 0 Å². The molecule has 0 spiro atoms. The molecular formula is C49H50N6O4. The summed E-state index contributed by atoms with van der Waals surface area (Å²) in [5.41, 5.74) is 14.1. The summed E-state index contributed by atoms with van der Waals surface area (Å²) in [5.74, 6) is -1.41. The lowest BCUT2D eigenvalue weighted by Crippen LogP contribution is -2.15. The number of fused-ring (bicyclic) bond motifs is 2. The Labute approximate surface area is 345 Å². The Kier molecular flexibility index (Phi) is 11.3. The first-order valence-corrected chi connectivity index (χ1v) is 20.4. The summed E-state index contributed by atoms with van der Waals surface area (Å²) < 4.78 is 0. The van der Waals surface area contributed by atoms with E-state index in [-0.39, 0.29) is 23.0 Å². The number of nitrogens with one attached hydrogen (secondary N) is 2.